The molecule has 0 fully saturated rings. The SMILES string of the molecule is C[C@@H]1Cc2ccccc2[C@H](C)C1. The maximum atomic E-state index is 2.35. The van der Waals surface area contributed by atoms with Crippen LogP contribution in [0.25, 0.3) is 0 Å². The Labute approximate surface area is 74.6 Å². The van der Waals surface area contributed by atoms with Gasteiger partial charge in [0, 0.05) is 0 Å². The van der Waals surface area contributed by atoms with Crippen molar-refractivity contribution in [3.05, 3.63) is 35.4 Å². The van der Waals surface area contributed by atoms with Crippen LogP contribution in [0, 0.1) is 5.92 Å². The van der Waals surface area contributed by atoms with Crippen molar-refractivity contribution in [2.45, 2.75) is 32.6 Å². The van der Waals surface area contributed by atoms with E-state index >= 15 is 0 Å². The minimum atomic E-state index is 0.768. The lowest BCUT2D eigenvalue weighted by molar-refractivity contribution is 0.450. The normalized spacial score (nSPS) is 28.2. The van der Waals surface area contributed by atoms with Gasteiger partial charge in [-0.2, -0.15) is 0 Å². The molecule has 0 amide bonds. The zero-order valence-corrected chi connectivity index (χ0v) is 7.88. The zero-order valence-electron chi connectivity index (χ0n) is 7.88. The Bertz CT molecular complexity index is 275. The molecular weight excluding hydrogens is 144 g/mol. The van der Waals surface area contributed by atoms with E-state index in [4.69, 9.17) is 0 Å². The summed E-state index contributed by atoms with van der Waals surface area (Å²) in [4.78, 5) is 0. The van der Waals surface area contributed by atoms with E-state index in [2.05, 4.69) is 38.1 Å². The van der Waals surface area contributed by atoms with Crippen LogP contribution in [-0.2, 0) is 6.42 Å². The topological polar surface area (TPSA) is 0 Å². The second-order valence-corrected chi connectivity index (χ2v) is 4.14. The van der Waals surface area contributed by atoms with Gasteiger partial charge in [-0.3, -0.25) is 0 Å². The van der Waals surface area contributed by atoms with E-state index in [0.717, 1.165) is 11.8 Å². The first-order chi connectivity index (χ1) is 5.77. The van der Waals surface area contributed by atoms with Crippen LogP contribution in [-0.4, -0.2) is 0 Å². The van der Waals surface area contributed by atoms with Crippen LogP contribution < -0.4 is 0 Å². The van der Waals surface area contributed by atoms with Gasteiger partial charge in [-0.05, 0) is 35.8 Å². The molecule has 0 nitrogen and oxygen atoms in total. The van der Waals surface area contributed by atoms with Gasteiger partial charge >= 0.3 is 0 Å². The van der Waals surface area contributed by atoms with Crippen molar-refractivity contribution in [2.24, 2.45) is 5.92 Å². The summed E-state index contributed by atoms with van der Waals surface area (Å²) < 4.78 is 0. The van der Waals surface area contributed by atoms with E-state index in [0.29, 0.717) is 0 Å². The Hall–Kier alpha value is -0.780. The maximum Gasteiger partial charge on any atom is -0.0185 e. The highest BCUT2D eigenvalue weighted by atomic mass is 14.2. The molecule has 0 aromatic heterocycles. The summed E-state index contributed by atoms with van der Waals surface area (Å²) in [5.74, 6) is 1.64. The number of benzene rings is 1. The largest absolute Gasteiger partial charge is 0.0622 e. The molecule has 0 unspecified atom stereocenters. The van der Waals surface area contributed by atoms with Crippen molar-refractivity contribution in [3.8, 4) is 0 Å². The van der Waals surface area contributed by atoms with Crippen molar-refractivity contribution in [1.29, 1.82) is 0 Å². The van der Waals surface area contributed by atoms with Gasteiger partial charge in [0.15, 0.2) is 0 Å². The minimum absolute atomic E-state index is 0.768. The lowest BCUT2D eigenvalue weighted by Gasteiger charge is -2.26. The lowest BCUT2D eigenvalue weighted by Crippen LogP contribution is -2.14. The Morgan fingerprint density at radius 3 is 2.75 bits per heavy atom. The van der Waals surface area contributed by atoms with Crippen LogP contribution >= 0.6 is 0 Å². The fourth-order valence-corrected chi connectivity index (χ4v) is 2.39. The van der Waals surface area contributed by atoms with Gasteiger partial charge in [-0.15, -0.1) is 0 Å². The highest BCUT2D eigenvalue weighted by molar-refractivity contribution is 5.32. The van der Waals surface area contributed by atoms with Gasteiger partial charge in [-0.25, -0.2) is 0 Å². The molecule has 0 radical (unpaired) electrons. The van der Waals surface area contributed by atoms with Crippen LogP contribution in [0.15, 0.2) is 24.3 Å². The predicted octanol–water partition coefficient (Wildman–Crippen LogP) is 3.37. The summed E-state index contributed by atoms with van der Waals surface area (Å²) in [6.45, 7) is 4.70. The zero-order chi connectivity index (χ0) is 8.55. The summed E-state index contributed by atoms with van der Waals surface area (Å²) >= 11 is 0. The van der Waals surface area contributed by atoms with E-state index in [1.165, 1.54) is 12.8 Å². The third-order valence-corrected chi connectivity index (χ3v) is 2.91. The van der Waals surface area contributed by atoms with Crippen LogP contribution in [0.1, 0.15) is 37.3 Å². The molecule has 2 atom stereocenters. The van der Waals surface area contributed by atoms with Crippen LogP contribution in [0.5, 0.6) is 0 Å². The first kappa shape index (κ1) is 7.85. The van der Waals surface area contributed by atoms with Gasteiger partial charge in [0.2, 0.25) is 0 Å². The van der Waals surface area contributed by atoms with Crippen molar-refractivity contribution in [2.75, 3.05) is 0 Å². The smallest absolute Gasteiger partial charge is 0.0185 e. The monoisotopic (exact) mass is 160 g/mol. The molecule has 1 aromatic carbocycles. The number of hydrogen-bond acceptors (Lipinski definition) is 0. The molecule has 1 aliphatic carbocycles. The van der Waals surface area contributed by atoms with Crippen LogP contribution in [0.3, 0.4) is 0 Å². The highest BCUT2D eigenvalue weighted by Gasteiger charge is 2.19. The van der Waals surface area contributed by atoms with Gasteiger partial charge in [0.05, 0.1) is 0 Å². The van der Waals surface area contributed by atoms with Gasteiger partial charge in [0.25, 0.3) is 0 Å². The van der Waals surface area contributed by atoms with E-state index in [9.17, 15) is 0 Å². The third kappa shape index (κ3) is 1.26. The van der Waals surface area contributed by atoms with Crippen LogP contribution in [0.2, 0.25) is 0 Å². The van der Waals surface area contributed by atoms with Crippen molar-refractivity contribution in [1.82, 2.24) is 0 Å². The molecule has 0 N–H and O–H groups in total. The number of rotatable bonds is 0. The molecule has 0 saturated heterocycles. The van der Waals surface area contributed by atoms with Crippen molar-refractivity contribution in [3.63, 3.8) is 0 Å². The summed E-state index contributed by atoms with van der Waals surface area (Å²) in [6.07, 6.45) is 2.64. The molecule has 1 aliphatic rings. The van der Waals surface area contributed by atoms with E-state index < -0.39 is 0 Å². The van der Waals surface area contributed by atoms with Gasteiger partial charge < -0.3 is 0 Å². The quantitative estimate of drug-likeness (QED) is 0.546. The molecule has 12 heavy (non-hydrogen) atoms. The molecule has 1 aromatic rings. The second kappa shape index (κ2) is 2.93. The molecule has 0 bridgehead atoms. The number of hydrogen-bond donors (Lipinski definition) is 0. The van der Waals surface area contributed by atoms with Crippen LogP contribution in [0.4, 0.5) is 0 Å². The summed E-state index contributed by atoms with van der Waals surface area (Å²) in [5, 5.41) is 0. The fourth-order valence-electron chi connectivity index (χ4n) is 2.39. The summed E-state index contributed by atoms with van der Waals surface area (Å²) in [6, 6.07) is 8.88. The van der Waals surface area contributed by atoms with E-state index in [1.807, 2.05) is 0 Å². The molecule has 2 rings (SSSR count). The van der Waals surface area contributed by atoms with Crippen molar-refractivity contribution < 1.29 is 0 Å². The standard InChI is InChI=1S/C12H16/c1-9-7-10(2)12-6-4-3-5-11(12)8-9/h3-6,9-10H,7-8H2,1-2H3/t9-,10+/m0/s1. The minimum Gasteiger partial charge on any atom is -0.0622 e. The molecule has 0 heterocycles. The Balaban J connectivity index is 2.40. The maximum absolute atomic E-state index is 2.35. The number of fused-ring (bicyclic) bond motifs is 1. The molecular formula is C12H16. The fraction of sp³-hybridized carbons (Fsp3) is 0.500. The average Bonchev–Trinajstić information content (AvgIpc) is 2.04. The molecule has 0 spiro atoms. The predicted molar refractivity (Wildman–Crippen MR) is 52.3 cm³/mol. The van der Waals surface area contributed by atoms with E-state index in [-0.39, 0.29) is 0 Å². The second-order valence-electron chi connectivity index (χ2n) is 4.14. The van der Waals surface area contributed by atoms with Gasteiger partial charge in [0.1, 0.15) is 0 Å². The molecule has 0 saturated carbocycles. The van der Waals surface area contributed by atoms with Gasteiger partial charge in [-0.1, -0.05) is 38.1 Å². The third-order valence-electron chi connectivity index (χ3n) is 2.91. The Morgan fingerprint density at radius 1 is 1.17 bits per heavy atom. The molecule has 0 aliphatic heterocycles. The average molecular weight is 160 g/mol. The Morgan fingerprint density at radius 2 is 1.92 bits per heavy atom. The first-order valence-electron chi connectivity index (χ1n) is 4.85. The van der Waals surface area contributed by atoms with Crippen molar-refractivity contribution >= 4 is 0 Å². The highest BCUT2D eigenvalue weighted by Crippen LogP contribution is 2.33. The molecule has 0 heteroatoms. The summed E-state index contributed by atoms with van der Waals surface area (Å²) in [5.41, 5.74) is 3.15. The summed E-state index contributed by atoms with van der Waals surface area (Å²) in [7, 11) is 0. The first-order valence-corrected chi connectivity index (χ1v) is 4.85. The molecule has 64 valence electrons. The Kier molecular flexibility index (Phi) is 1.92. The lowest BCUT2D eigenvalue weighted by atomic mass is 9.79. The van der Waals surface area contributed by atoms with E-state index in [1.54, 1.807) is 11.1 Å².